The second-order valence-corrected chi connectivity index (χ2v) is 6.60. The fraction of sp³-hybridized carbons (Fsp3) is 0.889. The first-order valence-corrected chi connectivity index (χ1v) is 8.59. The van der Waals surface area contributed by atoms with Crippen molar-refractivity contribution in [1.82, 2.24) is 0 Å². The highest BCUT2D eigenvalue weighted by Gasteiger charge is 2.18. The number of hydrogen-bond acceptors (Lipinski definition) is 0. The molecule has 2 rings (SSSR count). The Bertz CT molecular complexity index is 239. The van der Waals surface area contributed by atoms with Gasteiger partial charge in [0, 0.05) is 0 Å². The molecular weight excluding hydrogens is 216 g/mol. The van der Waals surface area contributed by atoms with Gasteiger partial charge < -0.3 is 0 Å². The summed E-state index contributed by atoms with van der Waals surface area (Å²) >= 11 is 0. The highest BCUT2D eigenvalue weighted by atomic mass is 14.2. The Hall–Kier alpha value is -0.260. The van der Waals surface area contributed by atoms with E-state index < -0.39 is 0 Å². The molecule has 0 N–H and O–H groups in total. The van der Waals surface area contributed by atoms with Crippen LogP contribution >= 0.6 is 0 Å². The van der Waals surface area contributed by atoms with Gasteiger partial charge in [0.1, 0.15) is 0 Å². The van der Waals surface area contributed by atoms with E-state index in [2.05, 4.69) is 13.0 Å². The van der Waals surface area contributed by atoms with E-state index in [4.69, 9.17) is 0 Å². The summed E-state index contributed by atoms with van der Waals surface area (Å²) < 4.78 is 0. The van der Waals surface area contributed by atoms with Crippen LogP contribution in [0.1, 0.15) is 90.4 Å². The smallest absolute Gasteiger partial charge is 0.0203 e. The minimum absolute atomic E-state index is 0.960. The lowest BCUT2D eigenvalue weighted by Crippen LogP contribution is -2.11. The van der Waals surface area contributed by atoms with E-state index in [0.717, 1.165) is 11.8 Å². The largest absolute Gasteiger partial charge is 0.0848 e. The zero-order valence-corrected chi connectivity index (χ0v) is 12.4. The van der Waals surface area contributed by atoms with Gasteiger partial charge in [-0.25, -0.2) is 0 Å². The first-order valence-electron chi connectivity index (χ1n) is 8.59. The van der Waals surface area contributed by atoms with Crippen molar-refractivity contribution in [2.45, 2.75) is 90.4 Å². The maximum atomic E-state index is 2.68. The van der Waals surface area contributed by atoms with Crippen molar-refractivity contribution in [3.8, 4) is 0 Å². The molecule has 18 heavy (non-hydrogen) atoms. The molecule has 2 aliphatic carbocycles. The maximum absolute atomic E-state index is 2.68. The van der Waals surface area contributed by atoms with Gasteiger partial charge in [0.05, 0.1) is 0 Å². The van der Waals surface area contributed by atoms with Gasteiger partial charge >= 0.3 is 0 Å². The van der Waals surface area contributed by atoms with Gasteiger partial charge in [-0.05, 0) is 37.5 Å². The van der Waals surface area contributed by atoms with Gasteiger partial charge in [0.2, 0.25) is 0 Å². The topological polar surface area (TPSA) is 0 Å². The Labute approximate surface area is 114 Å². The maximum Gasteiger partial charge on any atom is -0.0203 e. The lowest BCUT2D eigenvalue weighted by Gasteiger charge is -2.26. The van der Waals surface area contributed by atoms with Crippen LogP contribution in [0, 0.1) is 11.8 Å². The molecule has 104 valence electrons. The average Bonchev–Trinajstić information content (AvgIpc) is 2.45. The molecule has 0 amide bonds. The highest BCUT2D eigenvalue weighted by Crippen LogP contribution is 2.34. The van der Waals surface area contributed by atoms with Gasteiger partial charge in [-0.3, -0.25) is 0 Å². The van der Waals surface area contributed by atoms with Crippen LogP contribution < -0.4 is 0 Å². The third-order valence-electron chi connectivity index (χ3n) is 5.11. The quantitative estimate of drug-likeness (QED) is 0.503. The van der Waals surface area contributed by atoms with E-state index in [9.17, 15) is 0 Å². The number of rotatable bonds is 5. The predicted octanol–water partition coefficient (Wildman–Crippen LogP) is 6.26. The van der Waals surface area contributed by atoms with Crippen LogP contribution in [0.15, 0.2) is 11.6 Å². The summed E-state index contributed by atoms with van der Waals surface area (Å²) in [5, 5.41) is 0. The first-order chi connectivity index (χ1) is 8.90. The molecule has 2 fully saturated rings. The number of allylic oxidation sites excluding steroid dienone is 2. The molecule has 0 unspecified atom stereocenters. The second-order valence-electron chi connectivity index (χ2n) is 6.60. The van der Waals surface area contributed by atoms with Gasteiger partial charge in [-0.15, -0.1) is 0 Å². The van der Waals surface area contributed by atoms with E-state index in [-0.39, 0.29) is 0 Å². The third-order valence-corrected chi connectivity index (χ3v) is 5.11. The van der Waals surface area contributed by atoms with Gasteiger partial charge in [-0.2, -0.15) is 0 Å². The van der Waals surface area contributed by atoms with Gasteiger partial charge in [-0.1, -0.05) is 76.4 Å². The predicted molar refractivity (Wildman–Crippen MR) is 80.8 cm³/mol. The van der Waals surface area contributed by atoms with Crippen LogP contribution in [-0.2, 0) is 0 Å². The first kappa shape index (κ1) is 14.2. The summed E-state index contributed by atoms with van der Waals surface area (Å²) in [4.78, 5) is 0. The van der Waals surface area contributed by atoms with Gasteiger partial charge in [0.25, 0.3) is 0 Å². The van der Waals surface area contributed by atoms with Crippen molar-refractivity contribution in [2.75, 3.05) is 0 Å². The van der Waals surface area contributed by atoms with E-state index in [1.165, 1.54) is 83.5 Å². The normalized spacial score (nSPS) is 24.4. The van der Waals surface area contributed by atoms with Crippen molar-refractivity contribution in [3.05, 3.63) is 11.6 Å². The molecule has 2 aliphatic rings. The highest BCUT2D eigenvalue weighted by molar-refractivity contribution is 5.08. The minimum atomic E-state index is 0.960. The summed E-state index contributed by atoms with van der Waals surface area (Å²) in [6.07, 6.45) is 21.7. The van der Waals surface area contributed by atoms with E-state index >= 15 is 0 Å². The molecule has 0 saturated heterocycles. The molecule has 0 radical (unpaired) electrons. The zero-order chi connectivity index (χ0) is 12.6. The molecule has 0 nitrogen and oxygen atoms in total. The fourth-order valence-electron chi connectivity index (χ4n) is 3.98. The Balaban J connectivity index is 1.86. The van der Waals surface area contributed by atoms with Crippen LogP contribution in [0.2, 0.25) is 0 Å². The van der Waals surface area contributed by atoms with Crippen molar-refractivity contribution >= 4 is 0 Å². The fourth-order valence-corrected chi connectivity index (χ4v) is 3.98. The van der Waals surface area contributed by atoms with Crippen LogP contribution in [0.4, 0.5) is 0 Å². The summed E-state index contributed by atoms with van der Waals surface area (Å²) in [5.74, 6) is 1.98. The lowest BCUT2D eigenvalue weighted by atomic mass is 9.80. The average molecular weight is 248 g/mol. The molecule has 0 spiro atoms. The van der Waals surface area contributed by atoms with Crippen LogP contribution in [0.5, 0.6) is 0 Å². The van der Waals surface area contributed by atoms with Crippen LogP contribution in [0.3, 0.4) is 0 Å². The van der Waals surface area contributed by atoms with Gasteiger partial charge in [0.15, 0.2) is 0 Å². The van der Waals surface area contributed by atoms with Crippen LogP contribution in [0.25, 0.3) is 0 Å². The van der Waals surface area contributed by atoms with Crippen molar-refractivity contribution in [3.63, 3.8) is 0 Å². The van der Waals surface area contributed by atoms with Crippen molar-refractivity contribution in [2.24, 2.45) is 11.8 Å². The van der Waals surface area contributed by atoms with Crippen LogP contribution in [-0.4, -0.2) is 0 Å². The molecule has 0 aliphatic heterocycles. The summed E-state index contributed by atoms with van der Waals surface area (Å²) in [6, 6.07) is 0. The van der Waals surface area contributed by atoms with E-state index in [1.54, 1.807) is 0 Å². The number of hydrogen-bond donors (Lipinski definition) is 0. The molecular formula is C18H32. The molecule has 0 aromatic rings. The van der Waals surface area contributed by atoms with E-state index in [1.807, 2.05) is 5.57 Å². The Morgan fingerprint density at radius 3 is 2.11 bits per heavy atom. The summed E-state index contributed by atoms with van der Waals surface area (Å²) in [5.41, 5.74) is 1.84. The molecule has 0 heterocycles. The SMILES string of the molecule is CCCC(=CCC1CCCCC1)C1CCCCC1. The van der Waals surface area contributed by atoms with Crippen molar-refractivity contribution < 1.29 is 0 Å². The van der Waals surface area contributed by atoms with Crippen molar-refractivity contribution in [1.29, 1.82) is 0 Å². The Morgan fingerprint density at radius 1 is 0.889 bits per heavy atom. The Kier molecular flexibility index (Phi) is 6.31. The third kappa shape index (κ3) is 4.44. The zero-order valence-electron chi connectivity index (χ0n) is 12.4. The molecule has 0 bridgehead atoms. The summed E-state index contributed by atoms with van der Waals surface area (Å²) in [6.45, 7) is 2.34. The van der Waals surface area contributed by atoms with E-state index in [0.29, 0.717) is 0 Å². The standard InChI is InChI=1S/C18H32/c1-2-9-17(18-12-7-4-8-13-18)15-14-16-10-5-3-6-11-16/h15-16,18H,2-14H2,1H3. The summed E-state index contributed by atoms with van der Waals surface area (Å²) in [7, 11) is 0. The molecule has 0 heteroatoms. The molecule has 0 atom stereocenters. The molecule has 2 saturated carbocycles. The Morgan fingerprint density at radius 2 is 1.50 bits per heavy atom. The minimum Gasteiger partial charge on any atom is -0.0848 e. The molecule has 0 aromatic heterocycles. The second kappa shape index (κ2) is 8.02. The monoisotopic (exact) mass is 248 g/mol. The lowest BCUT2D eigenvalue weighted by molar-refractivity contribution is 0.356. The molecule has 0 aromatic carbocycles.